The number of ether oxygens (including phenoxy) is 1. The molecule has 84 valence electrons. The Morgan fingerprint density at radius 2 is 1.93 bits per heavy atom. The van der Waals surface area contributed by atoms with Gasteiger partial charge in [-0.2, -0.15) is 0 Å². The third-order valence-electron chi connectivity index (χ3n) is 1.81. The molecular formula is C10H13F2NOS. The molecule has 1 rings (SSSR count). The summed E-state index contributed by atoms with van der Waals surface area (Å²) in [5.41, 5.74) is 4.93. The van der Waals surface area contributed by atoms with Gasteiger partial charge in [0.25, 0.3) is 5.92 Å². The van der Waals surface area contributed by atoms with Crippen LogP contribution in [0.25, 0.3) is 0 Å². The molecule has 0 spiro atoms. The predicted octanol–water partition coefficient (Wildman–Crippen LogP) is 2.38. The molecular weight excluding hydrogens is 220 g/mol. The lowest BCUT2D eigenvalue weighted by molar-refractivity contribution is 0.0375. The highest BCUT2D eigenvalue weighted by atomic mass is 32.2. The lowest BCUT2D eigenvalue weighted by Crippen LogP contribution is -2.30. The van der Waals surface area contributed by atoms with Crippen LogP contribution in [0.3, 0.4) is 0 Å². The normalized spacial score (nSPS) is 11.5. The second kappa shape index (κ2) is 5.32. The van der Waals surface area contributed by atoms with Crippen molar-refractivity contribution in [1.29, 1.82) is 0 Å². The van der Waals surface area contributed by atoms with E-state index in [2.05, 4.69) is 0 Å². The van der Waals surface area contributed by atoms with Gasteiger partial charge in [0.15, 0.2) is 0 Å². The summed E-state index contributed by atoms with van der Waals surface area (Å²) in [6, 6.07) is 6.97. The minimum absolute atomic E-state index is 0.296. The number of hydrogen-bond donors (Lipinski definition) is 1. The van der Waals surface area contributed by atoms with E-state index in [9.17, 15) is 8.78 Å². The van der Waals surface area contributed by atoms with Crippen LogP contribution in [0.4, 0.5) is 8.78 Å². The van der Waals surface area contributed by atoms with Crippen LogP contribution in [0.15, 0.2) is 29.2 Å². The van der Waals surface area contributed by atoms with E-state index in [1.54, 1.807) is 31.4 Å². The molecule has 0 saturated heterocycles. The predicted molar refractivity (Wildman–Crippen MR) is 57.7 cm³/mol. The summed E-state index contributed by atoms with van der Waals surface area (Å²) in [7, 11) is 1.56. The van der Waals surface area contributed by atoms with Crippen molar-refractivity contribution in [2.24, 2.45) is 5.73 Å². The van der Waals surface area contributed by atoms with Gasteiger partial charge in [0.05, 0.1) is 19.4 Å². The number of halogens is 2. The molecule has 15 heavy (non-hydrogen) atoms. The number of benzene rings is 1. The van der Waals surface area contributed by atoms with E-state index >= 15 is 0 Å². The Hall–Kier alpha value is -0.810. The molecule has 0 heterocycles. The van der Waals surface area contributed by atoms with Gasteiger partial charge in [-0.1, -0.05) is 0 Å². The highest BCUT2D eigenvalue weighted by Gasteiger charge is 2.26. The molecule has 0 amide bonds. The van der Waals surface area contributed by atoms with Crippen LogP contribution in [0.2, 0.25) is 0 Å². The summed E-state index contributed by atoms with van der Waals surface area (Å²) >= 11 is 1.09. The fourth-order valence-electron chi connectivity index (χ4n) is 0.920. The van der Waals surface area contributed by atoms with Crippen molar-refractivity contribution >= 4 is 11.8 Å². The smallest absolute Gasteiger partial charge is 0.269 e. The average molecular weight is 233 g/mol. The Labute approximate surface area is 91.8 Å². The van der Waals surface area contributed by atoms with Crippen LogP contribution in [-0.4, -0.2) is 25.3 Å². The van der Waals surface area contributed by atoms with Gasteiger partial charge in [0, 0.05) is 4.90 Å². The quantitative estimate of drug-likeness (QED) is 0.793. The third-order valence-corrected chi connectivity index (χ3v) is 2.98. The van der Waals surface area contributed by atoms with Crippen molar-refractivity contribution in [1.82, 2.24) is 0 Å². The van der Waals surface area contributed by atoms with Gasteiger partial charge in [0.1, 0.15) is 5.75 Å². The molecule has 1 aromatic rings. The van der Waals surface area contributed by atoms with Crippen molar-refractivity contribution in [2.75, 3.05) is 19.4 Å². The van der Waals surface area contributed by atoms with Crippen LogP contribution in [-0.2, 0) is 0 Å². The molecule has 0 radical (unpaired) electrons. The Kier molecular flexibility index (Phi) is 4.35. The molecule has 0 saturated carbocycles. The summed E-state index contributed by atoms with van der Waals surface area (Å²) < 4.78 is 30.6. The first-order valence-electron chi connectivity index (χ1n) is 4.42. The monoisotopic (exact) mass is 233 g/mol. The molecule has 0 fully saturated rings. The molecule has 0 aliphatic rings. The first kappa shape index (κ1) is 12.3. The standard InChI is InChI=1S/C10H13F2NOS/c1-14-8-2-4-9(5-3-8)15-7-10(11,12)6-13/h2-5H,6-7,13H2,1H3. The molecule has 0 aromatic heterocycles. The van der Waals surface area contributed by atoms with E-state index in [0.717, 1.165) is 16.7 Å². The van der Waals surface area contributed by atoms with Gasteiger partial charge < -0.3 is 10.5 Å². The van der Waals surface area contributed by atoms with Gasteiger partial charge in [0.2, 0.25) is 0 Å². The zero-order chi connectivity index (χ0) is 11.3. The van der Waals surface area contributed by atoms with E-state index < -0.39 is 12.5 Å². The van der Waals surface area contributed by atoms with Crippen LogP contribution >= 0.6 is 11.8 Å². The van der Waals surface area contributed by atoms with Gasteiger partial charge in [-0.3, -0.25) is 0 Å². The van der Waals surface area contributed by atoms with Gasteiger partial charge >= 0.3 is 0 Å². The summed E-state index contributed by atoms with van der Waals surface area (Å²) in [4.78, 5) is 0.781. The number of nitrogens with two attached hydrogens (primary N) is 1. The molecule has 0 unspecified atom stereocenters. The molecule has 2 nitrogen and oxygen atoms in total. The minimum atomic E-state index is -2.80. The highest BCUT2D eigenvalue weighted by Crippen LogP contribution is 2.26. The SMILES string of the molecule is COc1ccc(SCC(F)(F)CN)cc1. The largest absolute Gasteiger partial charge is 0.497 e. The molecule has 1 aromatic carbocycles. The Morgan fingerprint density at radius 1 is 1.33 bits per heavy atom. The lowest BCUT2D eigenvalue weighted by Gasteiger charge is -2.12. The number of rotatable bonds is 5. The fraction of sp³-hybridized carbons (Fsp3) is 0.400. The molecule has 2 N–H and O–H groups in total. The summed E-state index contributed by atoms with van der Waals surface area (Å²) in [5, 5.41) is 0. The summed E-state index contributed by atoms with van der Waals surface area (Å²) in [6.07, 6.45) is 0. The van der Waals surface area contributed by atoms with Crippen molar-refractivity contribution in [3.63, 3.8) is 0 Å². The first-order chi connectivity index (χ1) is 7.07. The Balaban J connectivity index is 2.51. The highest BCUT2D eigenvalue weighted by molar-refractivity contribution is 7.99. The summed E-state index contributed by atoms with van der Waals surface area (Å²) in [5.74, 6) is -2.38. The number of thioether (sulfide) groups is 1. The number of hydrogen-bond acceptors (Lipinski definition) is 3. The van der Waals surface area contributed by atoms with Gasteiger partial charge in [-0.25, -0.2) is 8.78 Å². The maximum Gasteiger partial charge on any atom is 0.269 e. The van der Waals surface area contributed by atoms with Crippen LogP contribution in [0.5, 0.6) is 5.75 Å². The van der Waals surface area contributed by atoms with E-state index in [1.165, 1.54) is 0 Å². The maximum atomic E-state index is 12.8. The van der Waals surface area contributed by atoms with Crippen molar-refractivity contribution < 1.29 is 13.5 Å². The maximum absolute atomic E-state index is 12.8. The summed E-state index contributed by atoms with van der Waals surface area (Å²) in [6.45, 7) is -0.615. The Bertz CT molecular complexity index is 303. The van der Waals surface area contributed by atoms with Crippen LogP contribution in [0.1, 0.15) is 0 Å². The van der Waals surface area contributed by atoms with Crippen molar-refractivity contribution in [3.8, 4) is 5.75 Å². The molecule has 0 aliphatic carbocycles. The zero-order valence-electron chi connectivity index (χ0n) is 8.37. The Morgan fingerprint density at radius 3 is 2.40 bits per heavy atom. The van der Waals surface area contributed by atoms with Crippen LogP contribution < -0.4 is 10.5 Å². The van der Waals surface area contributed by atoms with Gasteiger partial charge in [-0.05, 0) is 24.3 Å². The first-order valence-corrected chi connectivity index (χ1v) is 5.41. The van der Waals surface area contributed by atoms with E-state index in [1.807, 2.05) is 0 Å². The molecule has 0 bridgehead atoms. The van der Waals surface area contributed by atoms with Crippen molar-refractivity contribution in [2.45, 2.75) is 10.8 Å². The number of methoxy groups -OCH3 is 1. The van der Waals surface area contributed by atoms with E-state index in [0.29, 0.717) is 5.75 Å². The molecule has 5 heteroatoms. The molecule has 0 atom stereocenters. The minimum Gasteiger partial charge on any atom is -0.497 e. The van der Waals surface area contributed by atoms with Gasteiger partial charge in [-0.15, -0.1) is 11.8 Å². The van der Waals surface area contributed by atoms with E-state index in [-0.39, 0.29) is 5.75 Å². The third kappa shape index (κ3) is 4.05. The van der Waals surface area contributed by atoms with E-state index in [4.69, 9.17) is 10.5 Å². The fourth-order valence-corrected chi connectivity index (χ4v) is 1.74. The topological polar surface area (TPSA) is 35.2 Å². The zero-order valence-corrected chi connectivity index (χ0v) is 9.19. The second-order valence-electron chi connectivity index (χ2n) is 3.02. The lowest BCUT2D eigenvalue weighted by atomic mass is 10.3. The second-order valence-corrected chi connectivity index (χ2v) is 4.07. The van der Waals surface area contributed by atoms with Crippen molar-refractivity contribution in [3.05, 3.63) is 24.3 Å². The number of alkyl halides is 2. The molecule has 0 aliphatic heterocycles. The van der Waals surface area contributed by atoms with Crippen LogP contribution in [0, 0.1) is 0 Å². The average Bonchev–Trinajstić information content (AvgIpc) is 2.27.